The molecule has 0 aliphatic rings. The summed E-state index contributed by atoms with van der Waals surface area (Å²) in [4.78, 5) is 15.2. The predicted molar refractivity (Wildman–Crippen MR) is 80.9 cm³/mol. The van der Waals surface area contributed by atoms with Crippen molar-refractivity contribution in [2.45, 2.75) is 6.54 Å². The minimum absolute atomic E-state index is 0.126. The fourth-order valence-corrected chi connectivity index (χ4v) is 2.31. The number of halogens is 1. The first kappa shape index (κ1) is 12.8. The molecule has 0 fully saturated rings. The third kappa shape index (κ3) is 2.68. The minimum atomic E-state index is -0.126. The molecular weight excluding hydrogens is 272 g/mol. The second-order valence-corrected chi connectivity index (χ2v) is 5.03. The van der Waals surface area contributed by atoms with Crippen LogP contribution in [-0.4, -0.2) is 10.9 Å². The molecular formula is C16H13ClN2O. The molecule has 20 heavy (non-hydrogen) atoms. The van der Waals surface area contributed by atoms with Crippen molar-refractivity contribution in [3.8, 4) is 0 Å². The van der Waals surface area contributed by atoms with Crippen LogP contribution < -0.4 is 5.32 Å². The van der Waals surface area contributed by atoms with E-state index in [1.807, 2.05) is 30.5 Å². The maximum Gasteiger partial charge on any atom is 0.251 e. The van der Waals surface area contributed by atoms with E-state index in [1.165, 1.54) is 0 Å². The largest absolute Gasteiger partial charge is 0.361 e. The van der Waals surface area contributed by atoms with Crippen molar-refractivity contribution >= 4 is 28.4 Å². The van der Waals surface area contributed by atoms with Gasteiger partial charge in [-0.1, -0.05) is 29.8 Å². The Morgan fingerprint density at radius 2 is 2.05 bits per heavy atom. The molecule has 2 N–H and O–H groups in total. The Balaban J connectivity index is 1.71. The molecule has 0 radical (unpaired) electrons. The highest BCUT2D eigenvalue weighted by molar-refractivity contribution is 6.30. The average Bonchev–Trinajstić information content (AvgIpc) is 2.92. The quantitative estimate of drug-likeness (QED) is 0.756. The number of hydrogen-bond acceptors (Lipinski definition) is 1. The highest BCUT2D eigenvalue weighted by Gasteiger charge is 2.06. The number of hydrogen-bond donors (Lipinski definition) is 2. The lowest BCUT2D eigenvalue weighted by atomic mass is 10.1. The number of rotatable bonds is 3. The van der Waals surface area contributed by atoms with E-state index in [0.29, 0.717) is 17.1 Å². The molecule has 0 saturated heterocycles. The first-order chi connectivity index (χ1) is 9.72. The van der Waals surface area contributed by atoms with Gasteiger partial charge in [0.15, 0.2) is 0 Å². The summed E-state index contributed by atoms with van der Waals surface area (Å²) >= 11 is 5.87. The monoisotopic (exact) mass is 284 g/mol. The molecule has 2 aromatic carbocycles. The maximum absolute atomic E-state index is 12.0. The lowest BCUT2D eigenvalue weighted by Gasteiger charge is -2.06. The number of amides is 1. The van der Waals surface area contributed by atoms with Crippen LogP contribution in [0.15, 0.2) is 54.7 Å². The second-order valence-electron chi connectivity index (χ2n) is 4.59. The van der Waals surface area contributed by atoms with Gasteiger partial charge < -0.3 is 10.3 Å². The zero-order chi connectivity index (χ0) is 13.9. The molecule has 0 saturated carbocycles. The lowest BCUT2D eigenvalue weighted by Crippen LogP contribution is -2.22. The molecule has 0 atom stereocenters. The number of aromatic nitrogens is 1. The van der Waals surface area contributed by atoms with E-state index < -0.39 is 0 Å². The molecule has 0 unspecified atom stereocenters. The highest BCUT2D eigenvalue weighted by atomic mass is 35.5. The minimum Gasteiger partial charge on any atom is -0.361 e. The van der Waals surface area contributed by atoms with E-state index in [2.05, 4.69) is 10.3 Å². The van der Waals surface area contributed by atoms with E-state index in [-0.39, 0.29) is 5.91 Å². The van der Waals surface area contributed by atoms with Crippen LogP contribution in [0.25, 0.3) is 10.9 Å². The van der Waals surface area contributed by atoms with Crippen LogP contribution in [0.2, 0.25) is 5.02 Å². The van der Waals surface area contributed by atoms with Crippen molar-refractivity contribution in [2.24, 2.45) is 0 Å². The molecule has 4 heteroatoms. The molecule has 0 aliphatic heterocycles. The fraction of sp³-hybridized carbons (Fsp3) is 0.0625. The topological polar surface area (TPSA) is 44.9 Å². The van der Waals surface area contributed by atoms with Crippen LogP contribution in [0.1, 0.15) is 15.9 Å². The Kier molecular flexibility index (Phi) is 3.44. The summed E-state index contributed by atoms with van der Waals surface area (Å²) < 4.78 is 0. The molecule has 3 aromatic rings. The second kappa shape index (κ2) is 5.39. The molecule has 0 bridgehead atoms. The molecule has 1 aromatic heterocycles. The number of fused-ring (bicyclic) bond motifs is 1. The molecule has 0 spiro atoms. The number of H-pyrrole nitrogens is 1. The SMILES string of the molecule is O=C(NCc1ccc2cc[nH]c2c1)c1cccc(Cl)c1. The lowest BCUT2D eigenvalue weighted by molar-refractivity contribution is 0.0951. The Hall–Kier alpha value is -2.26. The number of aromatic amines is 1. The number of benzene rings is 2. The van der Waals surface area contributed by atoms with Crippen LogP contribution in [0.5, 0.6) is 0 Å². The molecule has 3 nitrogen and oxygen atoms in total. The summed E-state index contributed by atoms with van der Waals surface area (Å²) in [6.45, 7) is 0.486. The van der Waals surface area contributed by atoms with Crippen molar-refractivity contribution in [1.82, 2.24) is 10.3 Å². The summed E-state index contributed by atoms with van der Waals surface area (Å²) in [6.07, 6.45) is 1.90. The van der Waals surface area contributed by atoms with E-state index in [4.69, 9.17) is 11.6 Å². The van der Waals surface area contributed by atoms with Crippen LogP contribution in [0.4, 0.5) is 0 Å². The van der Waals surface area contributed by atoms with Gasteiger partial charge >= 0.3 is 0 Å². The molecule has 0 aliphatic carbocycles. The Morgan fingerprint density at radius 3 is 2.90 bits per heavy atom. The standard InChI is InChI=1S/C16H13ClN2O/c17-14-3-1-2-13(9-14)16(20)19-10-11-4-5-12-6-7-18-15(12)8-11/h1-9,18H,10H2,(H,19,20). The van der Waals surface area contributed by atoms with Crippen LogP contribution in [0.3, 0.4) is 0 Å². The van der Waals surface area contributed by atoms with Gasteiger partial charge in [-0.05, 0) is 41.3 Å². The highest BCUT2D eigenvalue weighted by Crippen LogP contribution is 2.14. The third-order valence-electron chi connectivity index (χ3n) is 3.16. The number of carbonyl (C=O) groups excluding carboxylic acids is 1. The Morgan fingerprint density at radius 1 is 1.15 bits per heavy atom. The summed E-state index contributed by atoms with van der Waals surface area (Å²) in [7, 11) is 0. The summed E-state index contributed by atoms with van der Waals surface area (Å²) in [5.74, 6) is -0.126. The van der Waals surface area contributed by atoms with Crippen molar-refractivity contribution in [3.05, 3.63) is 70.9 Å². The van der Waals surface area contributed by atoms with Crippen LogP contribution in [-0.2, 0) is 6.54 Å². The number of nitrogens with one attached hydrogen (secondary N) is 2. The number of carbonyl (C=O) groups is 1. The Labute approximate surface area is 121 Å². The van der Waals surface area contributed by atoms with E-state index in [1.54, 1.807) is 24.3 Å². The smallest absolute Gasteiger partial charge is 0.251 e. The third-order valence-corrected chi connectivity index (χ3v) is 3.39. The van der Waals surface area contributed by atoms with Gasteiger partial charge in [0.1, 0.15) is 0 Å². The van der Waals surface area contributed by atoms with Gasteiger partial charge in [-0.2, -0.15) is 0 Å². The van der Waals surface area contributed by atoms with Crippen molar-refractivity contribution < 1.29 is 4.79 Å². The van der Waals surface area contributed by atoms with Crippen LogP contribution in [0, 0.1) is 0 Å². The van der Waals surface area contributed by atoms with Gasteiger partial charge in [-0.25, -0.2) is 0 Å². The van der Waals surface area contributed by atoms with Crippen molar-refractivity contribution in [2.75, 3.05) is 0 Å². The maximum atomic E-state index is 12.0. The summed E-state index contributed by atoms with van der Waals surface area (Å²) in [5.41, 5.74) is 2.69. The van der Waals surface area contributed by atoms with E-state index in [0.717, 1.165) is 16.5 Å². The van der Waals surface area contributed by atoms with E-state index in [9.17, 15) is 4.79 Å². The van der Waals surface area contributed by atoms with Gasteiger partial charge in [-0.3, -0.25) is 4.79 Å². The zero-order valence-electron chi connectivity index (χ0n) is 10.7. The van der Waals surface area contributed by atoms with Gasteiger partial charge in [0.25, 0.3) is 5.91 Å². The first-order valence-electron chi connectivity index (χ1n) is 6.32. The molecule has 1 heterocycles. The molecule has 3 rings (SSSR count). The van der Waals surface area contributed by atoms with Gasteiger partial charge in [0, 0.05) is 28.8 Å². The molecule has 1 amide bonds. The fourth-order valence-electron chi connectivity index (χ4n) is 2.12. The van der Waals surface area contributed by atoms with Gasteiger partial charge in [0.2, 0.25) is 0 Å². The normalized spacial score (nSPS) is 10.7. The van der Waals surface area contributed by atoms with Gasteiger partial charge in [-0.15, -0.1) is 0 Å². The predicted octanol–water partition coefficient (Wildman–Crippen LogP) is 3.75. The van der Waals surface area contributed by atoms with E-state index >= 15 is 0 Å². The van der Waals surface area contributed by atoms with Crippen LogP contribution >= 0.6 is 11.6 Å². The summed E-state index contributed by atoms with van der Waals surface area (Å²) in [6, 6.07) is 15.0. The average molecular weight is 285 g/mol. The first-order valence-corrected chi connectivity index (χ1v) is 6.70. The summed E-state index contributed by atoms with van der Waals surface area (Å²) in [5, 5.41) is 4.61. The molecule has 100 valence electrons. The van der Waals surface area contributed by atoms with Gasteiger partial charge in [0.05, 0.1) is 0 Å². The Bertz CT molecular complexity index is 764. The van der Waals surface area contributed by atoms with Crippen molar-refractivity contribution in [1.29, 1.82) is 0 Å². The zero-order valence-corrected chi connectivity index (χ0v) is 11.4. The van der Waals surface area contributed by atoms with Crippen molar-refractivity contribution in [3.63, 3.8) is 0 Å².